The molecule has 5 nitrogen and oxygen atoms in total. The zero-order chi connectivity index (χ0) is 18.1. The second-order valence-electron chi connectivity index (χ2n) is 6.20. The predicted octanol–water partition coefficient (Wildman–Crippen LogP) is 4.28. The first-order valence-electron chi connectivity index (χ1n) is 8.67. The van der Waals surface area contributed by atoms with E-state index in [0.29, 0.717) is 16.0 Å². The molecular formula is C18H28Cl2IN3O2. The number of ether oxygens (including phenoxy) is 2. The number of guanidine groups is 1. The van der Waals surface area contributed by atoms with Gasteiger partial charge in [-0.15, -0.1) is 24.0 Å². The number of rotatable bonds is 8. The van der Waals surface area contributed by atoms with Crippen molar-refractivity contribution in [3.8, 4) is 0 Å². The summed E-state index contributed by atoms with van der Waals surface area (Å²) in [5, 5.41) is 7.76. The van der Waals surface area contributed by atoms with Crippen LogP contribution >= 0.6 is 47.2 Å². The lowest BCUT2D eigenvalue weighted by Gasteiger charge is -2.19. The van der Waals surface area contributed by atoms with Gasteiger partial charge in [0.25, 0.3) is 0 Å². The van der Waals surface area contributed by atoms with E-state index >= 15 is 0 Å². The molecule has 0 bridgehead atoms. The Hall–Kier alpha value is -0.280. The summed E-state index contributed by atoms with van der Waals surface area (Å²) < 4.78 is 11.0. The standard InChI is InChI=1S/C18H27Cl2N3O2.HI/c1-13(15-4-5-16(19)17(20)10-15)23-18(21-2)22-7-3-8-24-11-14-6-9-25-12-14;/h4-5,10,13-14H,3,6-9,11-12H2,1-2H3,(H2,21,22,23);1H. The molecule has 2 N–H and O–H groups in total. The van der Waals surface area contributed by atoms with Gasteiger partial charge >= 0.3 is 0 Å². The molecule has 1 saturated heterocycles. The number of hydrogen-bond donors (Lipinski definition) is 2. The minimum atomic E-state index is 0. The molecule has 1 heterocycles. The Morgan fingerprint density at radius 3 is 2.85 bits per heavy atom. The number of nitrogens with one attached hydrogen (secondary N) is 2. The van der Waals surface area contributed by atoms with Crippen molar-refractivity contribution in [3.63, 3.8) is 0 Å². The SMILES string of the molecule is CN=C(NCCCOCC1CCOC1)NC(C)c1ccc(Cl)c(Cl)c1.I. The van der Waals surface area contributed by atoms with Crippen molar-refractivity contribution >= 4 is 53.1 Å². The fraction of sp³-hybridized carbons (Fsp3) is 0.611. The smallest absolute Gasteiger partial charge is 0.191 e. The third kappa shape index (κ3) is 8.17. The second-order valence-corrected chi connectivity index (χ2v) is 7.01. The van der Waals surface area contributed by atoms with Crippen molar-refractivity contribution in [2.75, 3.05) is 40.0 Å². The maximum atomic E-state index is 6.08. The molecule has 1 fully saturated rings. The molecule has 8 heteroatoms. The first kappa shape index (κ1) is 23.8. The molecule has 2 atom stereocenters. The number of hydrogen-bond acceptors (Lipinski definition) is 3. The average Bonchev–Trinajstić information content (AvgIpc) is 3.12. The van der Waals surface area contributed by atoms with Crippen molar-refractivity contribution in [1.82, 2.24) is 10.6 Å². The van der Waals surface area contributed by atoms with Crippen LogP contribution in [0.1, 0.15) is 31.4 Å². The van der Waals surface area contributed by atoms with Crippen LogP contribution < -0.4 is 10.6 Å². The lowest BCUT2D eigenvalue weighted by atomic mass is 10.1. The van der Waals surface area contributed by atoms with E-state index in [1.807, 2.05) is 12.1 Å². The van der Waals surface area contributed by atoms with E-state index < -0.39 is 0 Å². The summed E-state index contributed by atoms with van der Waals surface area (Å²) in [6, 6.07) is 5.70. The molecule has 0 saturated carbocycles. The van der Waals surface area contributed by atoms with E-state index in [1.165, 1.54) is 0 Å². The number of aliphatic imine (C=N–C) groups is 1. The second kappa shape index (κ2) is 13.0. The van der Waals surface area contributed by atoms with Crippen LogP contribution in [0.4, 0.5) is 0 Å². The maximum absolute atomic E-state index is 6.08. The van der Waals surface area contributed by atoms with Gasteiger partial charge in [0.2, 0.25) is 0 Å². The van der Waals surface area contributed by atoms with E-state index in [2.05, 4.69) is 22.5 Å². The Morgan fingerprint density at radius 1 is 1.38 bits per heavy atom. The van der Waals surface area contributed by atoms with Crippen molar-refractivity contribution in [2.24, 2.45) is 10.9 Å². The van der Waals surface area contributed by atoms with Gasteiger partial charge in [0, 0.05) is 32.7 Å². The minimum absolute atomic E-state index is 0. The van der Waals surface area contributed by atoms with Gasteiger partial charge in [0.05, 0.1) is 29.3 Å². The number of halogens is 3. The molecule has 1 aliphatic rings. The summed E-state index contributed by atoms with van der Waals surface area (Å²) in [5.74, 6) is 1.32. The number of nitrogens with zero attached hydrogens (tertiary/aromatic N) is 1. The fourth-order valence-electron chi connectivity index (χ4n) is 2.61. The molecule has 1 aromatic carbocycles. The minimum Gasteiger partial charge on any atom is -0.381 e. The quantitative estimate of drug-likeness (QED) is 0.235. The van der Waals surface area contributed by atoms with Crippen LogP contribution in [0, 0.1) is 5.92 Å². The van der Waals surface area contributed by atoms with E-state index in [0.717, 1.165) is 57.3 Å². The van der Waals surface area contributed by atoms with Gasteiger partial charge in [0.15, 0.2) is 5.96 Å². The third-order valence-electron chi connectivity index (χ3n) is 4.16. The highest BCUT2D eigenvalue weighted by atomic mass is 127. The van der Waals surface area contributed by atoms with Crippen LogP contribution in [-0.2, 0) is 9.47 Å². The molecule has 1 aliphatic heterocycles. The summed E-state index contributed by atoms with van der Waals surface area (Å²) in [6.07, 6.45) is 2.04. The normalized spacial score (nSPS) is 18.3. The molecule has 26 heavy (non-hydrogen) atoms. The highest BCUT2D eigenvalue weighted by molar-refractivity contribution is 14.0. The lowest BCUT2D eigenvalue weighted by Crippen LogP contribution is -2.39. The summed E-state index contributed by atoms with van der Waals surface area (Å²) in [5.41, 5.74) is 1.06. The molecule has 0 radical (unpaired) electrons. The topological polar surface area (TPSA) is 54.9 Å². The van der Waals surface area contributed by atoms with Gasteiger partial charge in [-0.1, -0.05) is 29.3 Å². The van der Waals surface area contributed by atoms with Gasteiger partial charge in [-0.25, -0.2) is 0 Å². The molecule has 2 unspecified atom stereocenters. The summed E-state index contributed by atoms with van der Waals surface area (Å²) in [7, 11) is 1.76. The highest BCUT2D eigenvalue weighted by Crippen LogP contribution is 2.25. The summed E-state index contributed by atoms with van der Waals surface area (Å²) >= 11 is 12.0. The van der Waals surface area contributed by atoms with Crippen molar-refractivity contribution in [3.05, 3.63) is 33.8 Å². The molecule has 0 aliphatic carbocycles. The van der Waals surface area contributed by atoms with E-state index in [-0.39, 0.29) is 30.0 Å². The Balaban J connectivity index is 0.00000338. The van der Waals surface area contributed by atoms with E-state index in [9.17, 15) is 0 Å². The van der Waals surface area contributed by atoms with Gasteiger partial charge in [0.1, 0.15) is 0 Å². The van der Waals surface area contributed by atoms with Crippen LogP contribution in [0.25, 0.3) is 0 Å². The van der Waals surface area contributed by atoms with Crippen molar-refractivity contribution in [1.29, 1.82) is 0 Å². The summed E-state index contributed by atoms with van der Waals surface area (Å²) in [6.45, 7) is 6.09. The van der Waals surface area contributed by atoms with Crippen LogP contribution in [0.2, 0.25) is 10.0 Å². The van der Waals surface area contributed by atoms with Crippen molar-refractivity contribution < 1.29 is 9.47 Å². The molecule has 0 aromatic heterocycles. The average molecular weight is 516 g/mol. The zero-order valence-corrected chi connectivity index (χ0v) is 19.1. The molecule has 2 rings (SSSR count). The van der Waals surface area contributed by atoms with Crippen LogP contribution in [0.15, 0.2) is 23.2 Å². The first-order chi connectivity index (χ1) is 12.1. The zero-order valence-electron chi connectivity index (χ0n) is 15.3. The summed E-state index contributed by atoms with van der Waals surface area (Å²) in [4.78, 5) is 4.25. The van der Waals surface area contributed by atoms with Crippen LogP contribution in [-0.4, -0.2) is 46.0 Å². The largest absolute Gasteiger partial charge is 0.381 e. The monoisotopic (exact) mass is 515 g/mol. The fourth-order valence-corrected chi connectivity index (χ4v) is 2.92. The van der Waals surface area contributed by atoms with E-state index in [1.54, 1.807) is 13.1 Å². The molecule has 148 valence electrons. The van der Waals surface area contributed by atoms with Crippen LogP contribution in [0.5, 0.6) is 0 Å². The highest BCUT2D eigenvalue weighted by Gasteiger charge is 2.15. The Labute approximate surface area is 183 Å². The Bertz CT molecular complexity index is 569. The molecule has 0 spiro atoms. The lowest BCUT2D eigenvalue weighted by molar-refractivity contribution is 0.0888. The van der Waals surface area contributed by atoms with Crippen molar-refractivity contribution in [2.45, 2.75) is 25.8 Å². The predicted molar refractivity (Wildman–Crippen MR) is 119 cm³/mol. The maximum Gasteiger partial charge on any atom is 0.191 e. The number of benzene rings is 1. The Morgan fingerprint density at radius 2 is 2.19 bits per heavy atom. The molecule has 1 aromatic rings. The van der Waals surface area contributed by atoms with Gasteiger partial charge in [-0.3, -0.25) is 4.99 Å². The third-order valence-corrected chi connectivity index (χ3v) is 4.89. The van der Waals surface area contributed by atoms with Gasteiger partial charge in [-0.05, 0) is 37.5 Å². The molecular weight excluding hydrogens is 488 g/mol. The van der Waals surface area contributed by atoms with E-state index in [4.69, 9.17) is 32.7 Å². The van der Waals surface area contributed by atoms with Gasteiger partial charge < -0.3 is 20.1 Å². The first-order valence-corrected chi connectivity index (χ1v) is 9.43. The van der Waals surface area contributed by atoms with Crippen LogP contribution in [0.3, 0.4) is 0 Å². The molecule has 0 amide bonds. The Kier molecular flexibility index (Phi) is 11.9. The van der Waals surface area contributed by atoms with Gasteiger partial charge in [-0.2, -0.15) is 0 Å².